The molecule has 5 nitrogen and oxygen atoms in total. The van der Waals surface area contributed by atoms with E-state index in [1.165, 1.54) is 18.2 Å². The Hall–Kier alpha value is -3.04. The Morgan fingerprint density at radius 3 is 2.06 bits per heavy atom. The fourth-order valence-electron chi connectivity index (χ4n) is 3.18. The van der Waals surface area contributed by atoms with E-state index >= 15 is 0 Å². The van der Waals surface area contributed by atoms with Crippen LogP contribution in [0.5, 0.6) is 0 Å². The molecule has 1 amide bonds. The molecule has 0 aliphatic rings. The number of carbonyl (C=O) groups excluding carboxylic acids is 1. The molecule has 0 fully saturated rings. The topological polar surface area (TPSA) is 66.5 Å². The van der Waals surface area contributed by atoms with Crippen LogP contribution in [0.1, 0.15) is 23.1 Å². The minimum Gasteiger partial charge on any atom is -0.326 e. The number of nitrogens with one attached hydrogen (secondary N) is 1. The summed E-state index contributed by atoms with van der Waals surface area (Å²) in [4.78, 5) is 12.6. The van der Waals surface area contributed by atoms with Gasteiger partial charge in [0.25, 0.3) is 10.0 Å². The van der Waals surface area contributed by atoms with Gasteiger partial charge in [-0.05, 0) is 56.3 Å². The molecule has 34 heavy (non-hydrogen) atoms. The summed E-state index contributed by atoms with van der Waals surface area (Å²) in [5.41, 5.74) is 1.02. The van der Waals surface area contributed by atoms with Crippen molar-refractivity contribution in [3.05, 3.63) is 88.4 Å². The molecular formula is C24H22ClF3N2O3S. The summed E-state index contributed by atoms with van der Waals surface area (Å²) in [6.07, 6.45) is -4.97. The summed E-state index contributed by atoms with van der Waals surface area (Å²) in [6.45, 7) is 3.47. The van der Waals surface area contributed by atoms with Gasteiger partial charge in [-0.25, -0.2) is 8.42 Å². The van der Waals surface area contributed by atoms with Gasteiger partial charge in [0.05, 0.1) is 21.2 Å². The number of rotatable bonds is 7. The number of benzene rings is 3. The molecule has 0 bridgehead atoms. The first kappa shape index (κ1) is 25.6. The molecule has 0 unspecified atom stereocenters. The zero-order chi connectivity index (χ0) is 25.1. The summed E-state index contributed by atoms with van der Waals surface area (Å²) in [5, 5.41) is 1.89. The molecule has 10 heteroatoms. The quantitative estimate of drug-likeness (QED) is 0.411. The predicted octanol–water partition coefficient (Wildman–Crippen LogP) is 6.20. The number of sulfonamides is 1. The van der Waals surface area contributed by atoms with E-state index in [9.17, 15) is 26.4 Å². The zero-order valence-corrected chi connectivity index (χ0v) is 19.9. The highest BCUT2D eigenvalue weighted by atomic mass is 35.5. The van der Waals surface area contributed by atoms with Gasteiger partial charge in [0.15, 0.2) is 0 Å². The van der Waals surface area contributed by atoms with Crippen molar-refractivity contribution < 1.29 is 26.4 Å². The fourth-order valence-corrected chi connectivity index (χ4v) is 4.87. The molecule has 180 valence electrons. The van der Waals surface area contributed by atoms with Crippen molar-refractivity contribution in [1.29, 1.82) is 0 Å². The molecular weight excluding hydrogens is 489 g/mol. The molecule has 0 aromatic heterocycles. The van der Waals surface area contributed by atoms with Crippen LogP contribution in [-0.4, -0.2) is 20.9 Å². The molecule has 0 atom stereocenters. The third kappa shape index (κ3) is 6.09. The number of aryl methyl sites for hydroxylation is 2. The van der Waals surface area contributed by atoms with Crippen molar-refractivity contribution in [2.45, 2.75) is 31.3 Å². The first-order valence-corrected chi connectivity index (χ1v) is 12.0. The van der Waals surface area contributed by atoms with E-state index in [1.807, 2.05) is 13.8 Å². The van der Waals surface area contributed by atoms with Crippen molar-refractivity contribution in [2.75, 3.05) is 16.2 Å². The van der Waals surface area contributed by atoms with Crippen molar-refractivity contribution in [3.63, 3.8) is 0 Å². The molecule has 0 spiro atoms. The fraction of sp³-hybridized carbons (Fsp3) is 0.208. The molecule has 3 aromatic rings. The predicted molar refractivity (Wildman–Crippen MR) is 127 cm³/mol. The zero-order valence-electron chi connectivity index (χ0n) is 18.4. The Morgan fingerprint density at radius 2 is 1.50 bits per heavy atom. The highest BCUT2D eigenvalue weighted by molar-refractivity contribution is 7.92. The van der Waals surface area contributed by atoms with E-state index in [2.05, 4.69) is 5.32 Å². The summed E-state index contributed by atoms with van der Waals surface area (Å²) >= 11 is 5.61. The highest BCUT2D eigenvalue weighted by Crippen LogP contribution is 2.36. The van der Waals surface area contributed by atoms with Gasteiger partial charge in [-0.3, -0.25) is 9.10 Å². The maximum absolute atomic E-state index is 13.3. The summed E-state index contributed by atoms with van der Waals surface area (Å²) in [6, 6.07) is 16.1. The first-order valence-electron chi connectivity index (χ1n) is 10.2. The number of amides is 1. The second kappa shape index (κ2) is 10.1. The van der Waals surface area contributed by atoms with E-state index in [1.54, 1.807) is 36.4 Å². The molecule has 0 saturated carbocycles. The van der Waals surface area contributed by atoms with Gasteiger partial charge >= 0.3 is 6.18 Å². The van der Waals surface area contributed by atoms with Crippen molar-refractivity contribution in [2.24, 2.45) is 0 Å². The SMILES string of the molecule is Cc1ccc(N(CCC(=O)Nc2ccc(Cl)c(C(F)(F)F)c2)S(=O)(=O)c2ccc(C)cc2)cc1. The summed E-state index contributed by atoms with van der Waals surface area (Å²) in [7, 11) is -4.00. The Bertz CT molecular complexity index is 1280. The van der Waals surface area contributed by atoms with Crippen LogP contribution >= 0.6 is 11.6 Å². The summed E-state index contributed by atoms with van der Waals surface area (Å²) in [5.74, 6) is -0.647. The van der Waals surface area contributed by atoms with E-state index in [-0.39, 0.29) is 23.5 Å². The Balaban J connectivity index is 1.83. The maximum Gasteiger partial charge on any atom is 0.417 e. The second-order valence-electron chi connectivity index (χ2n) is 7.72. The third-order valence-corrected chi connectivity index (χ3v) is 7.20. The molecule has 3 rings (SSSR count). The number of hydrogen-bond acceptors (Lipinski definition) is 3. The molecule has 0 aliphatic heterocycles. The van der Waals surface area contributed by atoms with Crippen LogP contribution in [0.15, 0.2) is 71.6 Å². The van der Waals surface area contributed by atoms with Crippen LogP contribution in [-0.2, 0) is 21.0 Å². The second-order valence-corrected chi connectivity index (χ2v) is 9.99. The van der Waals surface area contributed by atoms with E-state index in [4.69, 9.17) is 11.6 Å². The maximum atomic E-state index is 13.3. The lowest BCUT2D eigenvalue weighted by atomic mass is 10.2. The largest absolute Gasteiger partial charge is 0.417 e. The van der Waals surface area contributed by atoms with Crippen molar-refractivity contribution in [3.8, 4) is 0 Å². The van der Waals surface area contributed by atoms with Gasteiger partial charge in [0.2, 0.25) is 5.91 Å². The van der Waals surface area contributed by atoms with E-state index in [0.717, 1.165) is 27.6 Å². The standard InChI is InChI=1S/C24H22ClF3N2O3S/c1-16-3-8-19(9-4-16)30(34(32,33)20-10-5-17(2)6-11-20)14-13-23(31)29-18-7-12-22(25)21(15-18)24(26,27)28/h3-12,15H,13-14H2,1-2H3,(H,29,31). The van der Waals surface area contributed by atoms with Crippen LogP contribution in [0.25, 0.3) is 0 Å². The smallest absolute Gasteiger partial charge is 0.326 e. The number of halogens is 4. The molecule has 1 N–H and O–H groups in total. The highest BCUT2D eigenvalue weighted by Gasteiger charge is 2.33. The Morgan fingerprint density at radius 1 is 0.941 bits per heavy atom. The lowest BCUT2D eigenvalue weighted by Crippen LogP contribution is -2.34. The number of hydrogen-bond donors (Lipinski definition) is 1. The van der Waals surface area contributed by atoms with Crippen molar-refractivity contribution in [1.82, 2.24) is 0 Å². The molecule has 0 saturated heterocycles. The Labute approximate surface area is 201 Å². The Kier molecular flexibility index (Phi) is 7.57. The lowest BCUT2D eigenvalue weighted by Gasteiger charge is -2.24. The number of nitrogens with zero attached hydrogens (tertiary/aromatic N) is 1. The molecule has 0 radical (unpaired) electrons. The van der Waals surface area contributed by atoms with E-state index in [0.29, 0.717) is 5.69 Å². The average Bonchev–Trinajstić information content (AvgIpc) is 2.76. The number of anilines is 2. The monoisotopic (exact) mass is 510 g/mol. The lowest BCUT2D eigenvalue weighted by molar-refractivity contribution is -0.137. The normalized spacial score (nSPS) is 11.8. The van der Waals surface area contributed by atoms with Gasteiger partial charge in [-0.1, -0.05) is 47.0 Å². The van der Waals surface area contributed by atoms with Crippen LogP contribution in [0.2, 0.25) is 5.02 Å². The van der Waals surface area contributed by atoms with Crippen LogP contribution in [0.4, 0.5) is 24.5 Å². The van der Waals surface area contributed by atoms with Crippen LogP contribution in [0.3, 0.4) is 0 Å². The minimum atomic E-state index is -4.68. The summed E-state index contributed by atoms with van der Waals surface area (Å²) < 4.78 is 67.1. The first-order chi connectivity index (χ1) is 15.9. The van der Waals surface area contributed by atoms with Crippen LogP contribution in [0, 0.1) is 13.8 Å². The number of alkyl halides is 3. The molecule has 0 aliphatic carbocycles. The third-order valence-electron chi connectivity index (χ3n) is 5.03. The molecule has 0 heterocycles. The van der Waals surface area contributed by atoms with Gasteiger partial charge in [-0.2, -0.15) is 13.2 Å². The minimum absolute atomic E-state index is 0.0617. The van der Waals surface area contributed by atoms with Gasteiger partial charge in [0.1, 0.15) is 0 Å². The van der Waals surface area contributed by atoms with E-state index < -0.39 is 32.7 Å². The van der Waals surface area contributed by atoms with Gasteiger partial charge in [-0.15, -0.1) is 0 Å². The number of carbonyl (C=O) groups is 1. The average molecular weight is 511 g/mol. The molecule has 3 aromatic carbocycles. The van der Waals surface area contributed by atoms with Gasteiger partial charge < -0.3 is 5.32 Å². The van der Waals surface area contributed by atoms with Gasteiger partial charge in [0, 0.05) is 18.7 Å². The van der Waals surface area contributed by atoms with Crippen LogP contribution < -0.4 is 9.62 Å². The van der Waals surface area contributed by atoms with Crippen molar-refractivity contribution >= 4 is 38.9 Å².